The van der Waals surface area contributed by atoms with Crippen molar-refractivity contribution in [2.45, 2.75) is 30.8 Å². The predicted octanol–water partition coefficient (Wildman–Crippen LogP) is 12.4. The van der Waals surface area contributed by atoms with Gasteiger partial charge in [0.05, 0.1) is 10.8 Å². The molecule has 0 radical (unpaired) electrons. The lowest BCUT2D eigenvalue weighted by atomic mass is 9.70. The second kappa shape index (κ2) is 11.4. The van der Waals surface area contributed by atoms with E-state index in [0.29, 0.717) is 0 Å². The molecule has 260 valence electrons. The lowest BCUT2D eigenvalue weighted by Crippen LogP contribution is -2.27. The third-order valence-electron chi connectivity index (χ3n) is 13.4. The minimum atomic E-state index is -0.316. The molecule has 8 aromatic rings. The summed E-state index contributed by atoms with van der Waals surface area (Å²) < 4.78 is 0. The van der Waals surface area contributed by atoms with Gasteiger partial charge in [0.25, 0.3) is 0 Å². The molecule has 0 unspecified atom stereocenters. The molecule has 2 spiro atoms. The van der Waals surface area contributed by atoms with Crippen LogP contribution in [0.25, 0.3) is 44.5 Å². The number of nitrogens with zero attached hydrogens (tertiary/aromatic N) is 1. The van der Waals surface area contributed by atoms with Crippen LogP contribution in [0.5, 0.6) is 0 Å². The maximum absolute atomic E-state index is 2.61. The van der Waals surface area contributed by atoms with Crippen LogP contribution in [-0.2, 0) is 23.9 Å². The van der Waals surface area contributed by atoms with Crippen LogP contribution in [-0.4, -0.2) is 11.4 Å². The van der Waals surface area contributed by atoms with Crippen molar-refractivity contribution in [1.29, 1.82) is 0 Å². The van der Waals surface area contributed by atoms with Crippen molar-refractivity contribution in [3.8, 4) is 44.5 Å². The maximum atomic E-state index is 2.61. The van der Waals surface area contributed by atoms with E-state index >= 15 is 0 Å². The fraction of sp³-hybridized carbons (Fsp3) is 0.111. The Bertz CT molecular complexity index is 2570. The molecule has 0 bridgehead atoms. The molecule has 0 N–H and O–H groups in total. The average molecular weight is 702 g/mol. The Balaban J connectivity index is 0.956. The van der Waals surface area contributed by atoms with E-state index in [1.165, 1.54) is 100 Å². The van der Waals surface area contributed by atoms with Crippen LogP contribution in [0, 0.1) is 0 Å². The Hall–Kier alpha value is -6.28. The minimum absolute atomic E-state index is 0.316. The Morgan fingerprint density at radius 1 is 0.309 bits per heavy atom. The van der Waals surface area contributed by atoms with Crippen LogP contribution in [0.4, 0.5) is 0 Å². The number of hydrogen-bond donors (Lipinski definition) is 0. The number of benzene rings is 8. The van der Waals surface area contributed by atoms with Gasteiger partial charge in [-0.25, -0.2) is 0 Å². The van der Waals surface area contributed by atoms with E-state index in [0.717, 1.165) is 19.6 Å². The summed E-state index contributed by atoms with van der Waals surface area (Å²) >= 11 is 0. The van der Waals surface area contributed by atoms with Gasteiger partial charge in [0.1, 0.15) is 0 Å². The molecule has 4 aliphatic rings. The van der Waals surface area contributed by atoms with Gasteiger partial charge in [0.2, 0.25) is 0 Å². The third-order valence-corrected chi connectivity index (χ3v) is 13.4. The summed E-state index contributed by atoms with van der Waals surface area (Å²) in [4.78, 5) is 2.61. The Kier molecular flexibility index (Phi) is 6.43. The first-order valence-corrected chi connectivity index (χ1v) is 19.8. The van der Waals surface area contributed by atoms with Gasteiger partial charge < -0.3 is 0 Å². The van der Waals surface area contributed by atoms with Gasteiger partial charge in [0.15, 0.2) is 0 Å². The molecular formula is C54H39N. The summed E-state index contributed by atoms with van der Waals surface area (Å²) in [5.74, 6) is 0. The molecule has 0 fully saturated rings. The van der Waals surface area contributed by atoms with Crippen molar-refractivity contribution in [3.05, 3.63) is 238 Å². The van der Waals surface area contributed by atoms with Crippen LogP contribution in [0.2, 0.25) is 0 Å². The Morgan fingerprint density at radius 2 is 0.564 bits per heavy atom. The monoisotopic (exact) mass is 701 g/mol. The zero-order valence-corrected chi connectivity index (χ0v) is 30.9. The van der Waals surface area contributed by atoms with E-state index in [4.69, 9.17) is 0 Å². The van der Waals surface area contributed by atoms with Gasteiger partial charge in [-0.2, -0.15) is 0 Å². The van der Waals surface area contributed by atoms with Crippen LogP contribution >= 0.6 is 0 Å². The van der Waals surface area contributed by atoms with Gasteiger partial charge >= 0.3 is 0 Å². The summed E-state index contributed by atoms with van der Waals surface area (Å²) in [7, 11) is 0. The molecule has 0 amide bonds. The third kappa shape index (κ3) is 3.91. The van der Waals surface area contributed by atoms with Crippen LogP contribution in [0.15, 0.2) is 182 Å². The lowest BCUT2D eigenvalue weighted by molar-refractivity contribution is 0.271. The number of fused-ring (bicyclic) bond motifs is 20. The lowest BCUT2D eigenvalue weighted by Gasteiger charge is -2.31. The predicted molar refractivity (Wildman–Crippen MR) is 225 cm³/mol. The van der Waals surface area contributed by atoms with E-state index in [2.05, 4.69) is 194 Å². The zero-order valence-electron chi connectivity index (χ0n) is 30.9. The SMILES string of the molecule is CCN(Cc1ccc2c(c1)C1(c3ccccc3-c3ccccc31)c1ccccc1-2)Cc1ccc2c(c1)C1(c3ccccc3-c3ccccc31)c1ccccc1-2. The van der Waals surface area contributed by atoms with E-state index in [1.54, 1.807) is 0 Å². The highest BCUT2D eigenvalue weighted by molar-refractivity contribution is 5.96. The van der Waals surface area contributed by atoms with Crippen molar-refractivity contribution >= 4 is 0 Å². The largest absolute Gasteiger partial charge is 0.295 e. The summed E-state index contributed by atoms with van der Waals surface area (Å²) in [6.07, 6.45) is 0. The van der Waals surface area contributed by atoms with Gasteiger partial charge in [-0.15, -0.1) is 0 Å². The maximum Gasteiger partial charge on any atom is 0.0725 e. The first kappa shape index (κ1) is 31.1. The number of rotatable bonds is 5. The average Bonchev–Trinajstić information content (AvgIpc) is 3.92. The molecule has 8 aromatic carbocycles. The normalized spacial score (nSPS) is 14.9. The molecule has 4 aliphatic carbocycles. The van der Waals surface area contributed by atoms with Crippen LogP contribution in [0.3, 0.4) is 0 Å². The van der Waals surface area contributed by atoms with Crippen LogP contribution in [0.1, 0.15) is 62.6 Å². The fourth-order valence-electron chi connectivity index (χ4n) is 11.3. The second-order valence-electron chi connectivity index (χ2n) is 15.8. The van der Waals surface area contributed by atoms with Gasteiger partial charge in [-0.05, 0) is 107 Å². The highest BCUT2D eigenvalue weighted by Crippen LogP contribution is 2.64. The van der Waals surface area contributed by atoms with Crippen molar-refractivity contribution < 1.29 is 0 Å². The van der Waals surface area contributed by atoms with E-state index in [1.807, 2.05) is 0 Å². The van der Waals surface area contributed by atoms with E-state index in [-0.39, 0.29) is 10.8 Å². The Morgan fingerprint density at radius 3 is 0.836 bits per heavy atom. The summed E-state index contributed by atoms with van der Waals surface area (Å²) in [5, 5.41) is 0. The minimum Gasteiger partial charge on any atom is -0.295 e. The van der Waals surface area contributed by atoms with Crippen molar-refractivity contribution in [2.24, 2.45) is 0 Å². The molecule has 12 rings (SSSR count). The van der Waals surface area contributed by atoms with Crippen molar-refractivity contribution in [3.63, 3.8) is 0 Å². The standard InChI is InChI=1S/C54H39N/c1-2-55(33-35-27-29-43-41-19-7-13-25-49(41)53(51(43)31-35)45-21-9-3-15-37(45)38-16-4-10-22-46(38)53)34-36-28-30-44-42-20-8-14-26-50(42)54(52(44)32-36)47-23-11-5-17-39(47)40-18-6-12-24-48(40)54/h3-32H,2,33-34H2,1H3. The summed E-state index contributed by atoms with van der Waals surface area (Å²) in [5.41, 5.74) is 24.1. The molecule has 1 heteroatoms. The molecular weight excluding hydrogens is 663 g/mol. The molecule has 0 heterocycles. The summed E-state index contributed by atoms with van der Waals surface area (Å²) in [6.45, 7) is 5.03. The van der Waals surface area contributed by atoms with E-state index in [9.17, 15) is 0 Å². The first-order chi connectivity index (χ1) is 27.2. The fourth-order valence-corrected chi connectivity index (χ4v) is 11.3. The highest BCUT2D eigenvalue weighted by Gasteiger charge is 2.53. The zero-order chi connectivity index (χ0) is 36.3. The molecule has 55 heavy (non-hydrogen) atoms. The van der Waals surface area contributed by atoms with Gasteiger partial charge in [-0.1, -0.05) is 189 Å². The molecule has 1 nitrogen and oxygen atoms in total. The number of hydrogen-bond acceptors (Lipinski definition) is 1. The van der Waals surface area contributed by atoms with Gasteiger partial charge in [0, 0.05) is 13.1 Å². The smallest absolute Gasteiger partial charge is 0.0725 e. The van der Waals surface area contributed by atoms with Gasteiger partial charge in [-0.3, -0.25) is 4.90 Å². The molecule has 0 aliphatic heterocycles. The van der Waals surface area contributed by atoms with Crippen molar-refractivity contribution in [1.82, 2.24) is 4.90 Å². The highest BCUT2D eigenvalue weighted by atomic mass is 15.1. The second-order valence-corrected chi connectivity index (χ2v) is 15.8. The first-order valence-electron chi connectivity index (χ1n) is 19.8. The van der Waals surface area contributed by atoms with Crippen molar-refractivity contribution in [2.75, 3.05) is 6.54 Å². The van der Waals surface area contributed by atoms with Crippen LogP contribution < -0.4 is 0 Å². The summed E-state index contributed by atoms with van der Waals surface area (Å²) in [6, 6.07) is 69.2. The van der Waals surface area contributed by atoms with E-state index < -0.39 is 0 Å². The topological polar surface area (TPSA) is 3.24 Å². The molecule has 0 saturated heterocycles. The quantitative estimate of drug-likeness (QED) is 0.173. The molecule has 0 aromatic heterocycles. The Labute approximate surface area is 323 Å². The molecule has 0 atom stereocenters. The molecule has 0 saturated carbocycles.